The Bertz CT molecular complexity index is 515. The van der Waals surface area contributed by atoms with Gasteiger partial charge in [-0.2, -0.15) is 0 Å². The van der Waals surface area contributed by atoms with Crippen LogP contribution in [0.1, 0.15) is 26.3 Å². The molecule has 0 radical (unpaired) electrons. The first-order chi connectivity index (χ1) is 8.86. The third-order valence-electron chi connectivity index (χ3n) is 2.55. The zero-order chi connectivity index (χ0) is 14.5. The molecule has 0 atom stereocenters. The van der Waals surface area contributed by atoms with Crippen molar-refractivity contribution >= 4 is 26.0 Å². The summed E-state index contributed by atoms with van der Waals surface area (Å²) in [6, 6.07) is 5.31. The summed E-state index contributed by atoms with van der Waals surface area (Å²) in [5.74, 6) is 0.279. The van der Waals surface area contributed by atoms with E-state index in [2.05, 4.69) is 26.0 Å². The first-order valence-electron chi connectivity index (χ1n) is 6.35. The highest BCUT2D eigenvalue weighted by Gasteiger charge is 2.17. The second-order valence-corrected chi connectivity index (χ2v) is 7.38. The molecule has 0 bridgehead atoms. The minimum atomic E-state index is -3.44. The molecule has 0 aliphatic heterocycles. The van der Waals surface area contributed by atoms with Gasteiger partial charge in [0.05, 0.1) is 4.90 Å². The van der Waals surface area contributed by atoms with E-state index in [0.29, 0.717) is 11.0 Å². The molecule has 0 aliphatic rings. The van der Waals surface area contributed by atoms with Crippen molar-refractivity contribution in [1.82, 2.24) is 10.0 Å². The van der Waals surface area contributed by atoms with Crippen LogP contribution in [0.15, 0.2) is 27.6 Å². The maximum atomic E-state index is 12.1. The Morgan fingerprint density at radius 1 is 1.32 bits per heavy atom. The summed E-state index contributed by atoms with van der Waals surface area (Å²) in [5.41, 5.74) is 1.05. The van der Waals surface area contributed by atoms with Gasteiger partial charge in [-0.3, -0.25) is 0 Å². The van der Waals surface area contributed by atoms with Crippen LogP contribution in [0.2, 0.25) is 0 Å². The maximum absolute atomic E-state index is 12.1. The Labute approximate surface area is 124 Å². The van der Waals surface area contributed by atoms with E-state index in [1.807, 2.05) is 32.9 Å². The quantitative estimate of drug-likeness (QED) is 0.795. The molecule has 4 nitrogen and oxygen atoms in total. The Morgan fingerprint density at radius 3 is 2.53 bits per heavy atom. The van der Waals surface area contributed by atoms with Crippen LogP contribution in [0.5, 0.6) is 0 Å². The van der Waals surface area contributed by atoms with Gasteiger partial charge < -0.3 is 5.32 Å². The van der Waals surface area contributed by atoms with E-state index in [0.717, 1.165) is 18.7 Å². The number of rotatable bonds is 7. The summed E-state index contributed by atoms with van der Waals surface area (Å²) in [5, 5.41) is 3.20. The van der Waals surface area contributed by atoms with E-state index in [9.17, 15) is 8.42 Å². The van der Waals surface area contributed by atoms with Crippen LogP contribution in [0.25, 0.3) is 0 Å². The van der Waals surface area contributed by atoms with Crippen molar-refractivity contribution in [1.29, 1.82) is 0 Å². The van der Waals surface area contributed by atoms with E-state index >= 15 is 0 Å². The van der Waals surface area contributed by atoms with E-state index < -0.39 is 10.0 Å². The minimum Gasteiger partial charge on any atom is -0.313 e. The molecule has 0 heterocycles. The fourth-order valence-electron chi connectivity index (χ4n) is 1.50. The fourth-order valence-corrected chi connectivity index (χ4v) is 3.83. The van der Waals surface area contributed by atoms with Crippen molar-refractivity contribution < 1.29 is 8.42 Å². The fraction of sp³-hybridized carbons (Fsp3) is 0.538. The number of sulfonamides is 1. The lowest BCUT2D eigenvalue weighted by Crippen LogP contribution is -2.27. The first kappa shape index (κ1) is 16.6. The molecular formula is C13H21BrN2O2S. The molecule has 1 aromatic rings. The predicted molar refractivity (Wildman–Crippen MR) is 81.5 cm³/mol. The SMILES string of the molecule is CCNCc1ccc(S(=O)(=O)NCC(C)C)c(Br)c1. The zero-order valence-corrected chi connectivity index (χ0v) is 13.9. The van der Waals surface area contributed by atoms with Crippen molar-refractivity contribution in [3.63, 3.8) is 0 Å². The van der Waals surface area contributed by atoms with Crippen LogP contribution in [-0.4, -0.2) is 21.5 Å². The minimum absolute atomic E-state index is 0.279. The van der Waals surface area contributed by atoms with E-state index in [-0.39, 0.29) is 10.8 Å². The topological polar surface area (TPSA) is 58.2 Å². The van der Waals surface area contributed by atoms with Gasteiger partial charge in [-0.1, -0.05) is 26.8 Å². The van der Waals surface area contributed by atoms with Gasteiger partial charge in [-0.15, -0.1) is 0 Å². The highest BCUT2D eigenvalue weighted by atomic mass is 79.9. The van der Waals surface area contributed by atoms with Crippen LogP contribution >= 0.6 is 15.9 Å². The van der Waals surface area contributed by atoms with Gasteiger partial charge in [0, 0.05) is 17.6 Å². The van der Waals surface area contributed by atoms with Gasteiger partial charge in [0.1, 0.15) is 0 Å². The number of hydrogen-bond donors (Lipinski definition) is 2. The zero-order valence-electron chi connectivity index (χ0n) is 11.5. The van der Waals surface area contributed by atoms with Crippen LogP contribution in [0.3, 0.4) is 0 Å². The monoisotopic (exact) mass is 348 g/mol. The second kappa shape index (κ2) is 7.38. The van der Waals surface area contributed by atoms with Gasteiger partial charge in [0.25, 0.3) is 0 Å². The van der Waals surface area contributed by atoms with Crippen LogP contribution in [0.4, 0.5) is 0 Å². The standard InChI is InChI=1S/C13H21BrN2O2S/c1-4-15-9-11-5-6-13(12(14)7-11)19(17,18)16-8-10(2)3/h5-7,10,15-16H,4,8-9H2,1-3H3. The van der Waals surface area contributed by atoms with Gasteiger partial charge >= 0.3 is 0 Å². The van der Waals surface area contributed by atoms with E-state index in [1.54, 1.807) is 6.07 Å². The smallest absolute Gasteiger partial charge is 0.241 e. The third-order valence-corrected chi connectivity index (χ3v) is 4.95. The number of nitrogens with one attached hydrogen (secondary N) is 2. The molecule has 0 spiro atoms. The predicted octanol–water partition coefficient (Wildman–Crippen LogP) is 2.49. The van der Waals surface area contributed by atoms with Crippen molar-refractivity contribution in [3.8, 4) is 0 Å². The third kappa shape index (κ3) is 5.22. The van der Waals surface area contributed by atoms with Gasteiger partial charge in [0.15, 0.2) is 0 Å². The van der Waals surface area contributed by atoms with Crippen molar-refractivity contribution in [2.24, 2.45) is 5.92 Å². The highest BCUT2D eigenvalue weighted by molar-refractivity contribution is 9.10. The van der Waals surface area contributed by atoms with Crippen molar-refractivity contribution in [2.45, 2.75) is 32.2 Å². The summed E-state index contributed by atoms with van der Waals surface area (Å²) in [4.78, 5) is 0.286. The van der Waals surface area contributed by atoms with Gasteiger partial charge in [0.2, 0.25) is 10.0 Å². The number of hydrogen-bond acceptors (Lipinski definition) is 3. The molecule has 0 aromatic heterocycles. The molecule has 2 N–H and O–H groups in total. The molecule has 0 fully saturated rings. The summed E-state index contributed by atoms with van der Waals surface area (Å²) >= 11 is 3.33. The van der Waals surface area contributed by atoms with Gasteiger partial charge in [-0.25, -0.2) is 13.1 Å². The average Bonchev–Trinajstić information content (AvgIpc) is 2.34. The molecule has 108 valence electrons. The van der Waals surface area contributed by atoms with Gasteiger partial charge in [-0.05, 0) is 46.1 Å². The largest absolute Gasteiger partial charge is 0.313 e. The molecule has 0 unspecified atom stereocenters. The Kier molecular flexibility index (Phi) is 6.46. The number of halogens is 1. The lowest BCUT2D eigenvalue weighted by Gasteiger charge is -2.11. The molecule has 6 heteroatoms. The lowest BCUT2D eigenvalue weighted by atomic mass is 10.2. The average molecular weight is 349 g/mol. The summed E-state index contributed by atoms with van der Waals surface area (Å²) < 4.78 is 27.5. The van der Waals surface area contributed by atoms with Crippen LogP contribution in [0, 0.1) is 5.92 Å². The maximum Gasteiger partial charge on any atom is 0.241 e. The first-order valence-corrected chi connectivity index (χ1v) is 8.63. The van der Waals surface area contributed by atoms with E-state index in [4.69, 9.17) is 0 Å². The molecular weight excluding hydrogens is 328 g/mol. The van der Waals surface area contributed by atoms with Crippen molar-refractivity contribution in [3.05, 3.63) is 28.2 Å². The molecule has 19 heavy (non-hydrogen) atoms. The molecule has 1 rings (SSSR count). The Balaban J connectivity index is 2.89. The summed E-state index contributed by atoms with van der Waals surface area (Å²) in [6.45, 7) is 8.02. The van der Waals surface area contributed by atoms with Crippen LogP contribution in [-0.2, 0) is 16.6 Å². The summed E-state index contributed by atoms with van der Waals surface area (Å²) in [7, 11) is -3.44. The summed E-state index contributed by atoms with van der Waals surface area (Å²) in [6.07, 6.45) is 0. The number of benzene rings is 1. The highest BCUT2D eigenvalue weighted by Crippen LogP contribution is 2.23. The lowest BCUT2D eigenvalue weighted by molar-refractivity contribution is 0.559. The molecule has 0 saturated carbocycles. The van der Waals surface area contributed by atoms with Crippen LogP contribution < -0.4 is 10.0 Å². The second-order valence-electron chi connectivity index (χ2n) is 4.79. The molecule has 1 aromatic carbocycles. The van der Waals surface area contributed by atoms with E-state index in [1.165, 1.54) is 0 Å². The van der Waals surface area contributed by atoms with Crippen molar-refractivity contribution in [2.75, 3.05) is 13.1 Å². The Hall–Kier alpha value is -0.430. The Morgan fingerprint density at radius 2 is 2.00 bits per heavy atom. The molecule has 0 aliphatic carbocycles. The normalized spacial score (nSPS) is 12.1. The molecule has 0 saturated heterocycles. The molecule has 0 amide bonds.